The van der Waals surface area contributed by atoms with Crippen LogP contribution in [-0.2, 0) is 4.74 Å². The molecule has 35 heavy (non-hydrogen) atoms. The third-order valence-electron chi connectivity index (χ3n) is 7.14. The van der Waals surface area contributed by atoms with Crippen molar-refractivity contribution in [3.8, 4) is 22.8 Å². The van der Waals surface area contributed by atoms with Crippen LogP contribution in [0.25, 0.3) is 22.8 Å². The summed E-state index contributed by atoms with van der Waals surface area (Å²) in [4.78, 5) is 22.6. The van der Waals surface area contributed by atoms with E-state index in [1.54, 1.807) is 6.20 Å². The summed E-state index contributed by atoms with van der Waals surface area (Å²) in [6.07, 6.45) is 4.38. The van der Waals surface area contributed by atoms with Gasteiger partial charge in [-0.2, -0.15) is 0 Å². The number of morpholine rings is 1. The molecular formula is C29H35N3O3. The van der Waals surface area contributed by atoms with Gasteiger partial charge in [0.15, 0.2) is 5.76 Å². The van der Waals surface area contributed by atoms with Gasteiger partial charge in [0.05, 0.1) is 24.0 Å². The molecule has 2 aromatic carbocycles. The molecule has 2 atom stereocenters. The van der Waals surface area contributed by atoms with Crippen molar-refractivity contribution in [2.75, 3.05) is 32.7 Å². The highest BCUT2D eigenvalue weighted by atomic mass is 16.5. The molecule has 3 heterocycles. The monoisotopic (exact) mass is 473 g/mol. The van der Waals surface area contributed by atoms with Crippen molar-refractivity contribution in [3.63, 3.8) is 0 Å². The van der Waals surface area contributed by atoms with Crippen LogP contribution in [-0.4, -0.2) is 65.6 Å². The van der Waals surface area contributed by atoms with E-state index in [9.17, 15) is 4.79 Å². The molecule has 2 saturated heterocycles. The maximum atomic E-state index is 13.5. The van der Waals surface area contributed by atoms with E-state index in [2.05, 4.69) is 42.8 Å². The quantitative estimate of drug-likeness (QED) is 0.505. The van der Waals surface area contributed by atoms with Crippen LogP contribution in [0.15, 0.2) is 59.1 Å². The average Bonchev–Trinajstić information content (AvgIpc) is 3.34. The summed E-state index contributed by atoms with van der Waals surface area (Å²) in [7, 11) is 0. The van der Waals surface area contributed by atoms with E-state index in [1.807, 2.05) is 41.3 Å². The second-order valence-electron chi connectivity index (χ2n) is 10.2. The van der Waals surface area contributed by atoms with Crippen molar-refractivity contribution in [3.05, 3.63) is 65.9 Å². The lowest BCUT2D eigenvalue weighted by molar-refractivity contribution is -0.0728. The zero-order valence-corrected chi connectivity index (χ0v) is 20.9. The van der Waals surface area contributed by atoms with E-state index in [0.29, 0.717) is 35.3 Å². The normalized spacial score (nSPS) is 21.9. The van der Waals surface area contributed by atoms with E-state index >= 15 is 0 Å². The van der Waals surface area contributed by atoms with Crippen molar-refractivity contribution in [1.29, 1.82) is 0 Å². The fourth-order valence-corrected chi connectivity index (χ4v) is 5.39. The minimum absolute atomic E-state index is 0.0581. The van der Waals surface area contributed by atoms with Crippen molar-refractivity contribution in [2.45, 2.75) is 45.8 Å². The zero-order chi connectivity index (χ0) is 24.4. The summed E-state index contributed by atoms with van der Waals surface area (Å²) < 4.78 is 12.0. The molecule has 2 aliphatic heterocycles. The lowest BCUT2D eigenvalue weighted by Gasteiger charge is -2.39. The Hall–Kier alpha value is -2.96. The summed E-state index contributed by atoms with van der Waals surface area (Å²) in [6.45, 7) is 11.0. The minimum atomic E-state index is 0.0581. The molecular weight excluding hydrogens is 438 g/mol. The van der Waals surface area contributed by atoms with Gasteiger partial charge >= 0.3 is 0 Å². The van der Waals surface area contributed by atoms with E-state index in [-0.39, 0.29) is 5.91 Å². The SMILES string of the molecule is Cc1ccc(-c2cnc(-c3ccccc3C(=O)N3CCC(CN4CC(C)OC(C)C4)CC3)o2)cc1. The lowest BCUT2D eigenvalue weighted by Crippen LogP contribution is -2.48. The number of carbonyl (C=O) groups excluding carboxylic acids is 1. The molecule has 6 nitrogen and oxygen atoms in total. The fourth-order valence-electron chi connectivity index (χ4n) is 5.39. The number of hydrogen-bond acceptors (Lipinski definition) is 5. The van der Waals surface area contributed by atoms with Crippen LogP contribution < -0.4 is 0 Å². The number of rotatable bonds is 5. The van der Waals surface area contributed by atoms with Crippen LogP contribution in [0.4, 0.5) is 0 Å². The van der Waals surface area contributed by atoms with E-state index in [0.717, 1.165) is 56.7 Å². The first-order valence-corrected chi connectivity index (χ1v) is 12.8. The number of carbonyl (C=O) groups is 1. The van der Waals surface area contributed by atoms with Gasteiger partial charge in [-0.1, -0.05) is 42.0 Å². The Kier molecular flexibility index (Phi) is 7.02. The molecule has 0 spiro atoms. The number of ether oxygens (including phenoxy) is 1. The number of aryl methyl sites for hydroxylation is 1. The van der Waals surface area contributed by atoms with Gasteiger partial charge in [0.25, 0.3) is 5.91 Å². The second-order valence-corrected chi connectivity index (χ2v) is 10.2. The summed E-state index contributed by atoms with van der Waals surface area (Å²) in [6, 6.07) is 15.8. The molecule has 0 radical (unpaired) electrons. The van der Waals surface area contributed by atoms with Gasteiger partial charge in [-0.3, -0.25) is 9.69 Å². The summed E-state index contributed by atoms with van der Waals surface area (Å²) in [5.74, 6) is 1.86. The number of piperidine rings is 1. The lowest BCUT2D eigenvalue weighted by atomic mass is 9.94. The van der Waals surface area contributed by atoms with Gasteiger partial charge in [0, 0.05) is 43.9 Å². The Morgan fingerprint density at radius 2 is 1.69 bits per heavy atom. The highest BCUT2D eigenvalue weighted by Crippen LogP contribution is 2.30. The first-order chi connectivity index (χ1) is 17.0. The first kappa shape index (κ1) is 23.8. The average molecular weight is 474 g/mol. The van der Waals surface area contributed by atoms with Crippen molar-refractivity contribution < 1.29 is 13.9 Å². The van der Waals surface area contributed by atoms with Gasteiger partial charge in [-0.15, -0.1) is 0 Å². The molecule has 2 unspecified atom stereocenters. The van der Waals surface area contributed by atoms with Gasteiger partial charge in [0.2, 0.25) is 5.89 Å². The predicted molar refractivity (Wildman–Crippen MR) is 137 cm³/mol. The summed E-state index contributed by atoms with van der Waals surface area (Å²) in [5.41, 5.74) is 3.57. The maximum Gasteiger partial charge on any atom is 0.254 e. The Balaban J connectivity index is 1.25. The van der Waals surface area contributed by atoms with Crippen molar-refractivity contribution in [1.82, 2.24) is 14.8 Å². The second kappa shape index (κ2) is 10.3. The minimum Gasteiger partial charge on any atom is -0.436 e. The molecule has 6 heteroatoms. The van der Waals surface area contributed by atoms with Crippen LogP contribution in [0.5, 0.6) is 0 Å². The topological polar surface area (TPSA) is 58.8 Å². The molecule has 5 rings (SSSR count). The number of amides is 1. The first-order valence-electron chi connectivity index (χ1n) is 12.8. The number of oxazole rings is 1. The maximum absolute atomic E-state index is 13.5. The Morgan fingerprint density at radius 1 is 1.00 bits per heavy atom. The molecule has 3 aromatic rings. The number of nitrogens with zero attached hydrogens (tertiary/aromatic N) is 3. The van der Waals surface area contributed by atoms with E-state index < -0.39 is 0 Å². The van der Waals surface area contributed by atoms with Gasteiger partial charge < -0.3 is 14.1 Å². The molecule has 1 aromatic heterocycles. The molecule has 184 valence electrons. The third-order valence-corrected chi connectivity index (χ3v) is 7.14. The molecule has 2 aliphatic rings. The van der Waals surface area contributed by atoms with Crippen LogP contribution >= 0.6 is 0 Å². The number of hydrogen-bond donors (Lipinski definition) is 0. The highest BCUT2D eigenvalue weighted by Gasteiger charge is 2.29. The highest BCUT2D eigenvalue weighted by molar-refractivity contribution is 6.00. The largest absolute Gasteiger partial charge is 0.436 e. The van der Waals surface area contributed by atoms with Gasteiger partial charge in [-0.25, -0.2) is 4.98 Å². The standard InChI is InChI=1S/C29H35N3O3/c1-20-8-10-24(11-9-20)27-16-30-28(35-27)25-6-4-5-7-26(25)29(33)32-14-12-23(13-15-32)19-31-17-21(2)34-22(3)18-31/h4-11,16,21-23H,12-15,17-19H2,1-3H3. The molecule has 0 aliphatic carbocycles. The number of aromatic nitrogens is 1. The van der Waals surface area contributed by atoms with Crippen LogP contribution in [0.3, 0.4) is 0 Å². The number of benzene rings is 2. The van der Waals surface area contributed by atoms with Crippen LogP contribution in [0.1, 0.15) is 42.6 Å². The van der Waals surface area contributed by atoms with Crippen LogP contribution in [0.2, 0.25) is 0 Å². The van der Waals surface area contributed by atoms with E-state index in [1.165, 1.54) is 5.56 Å². The predicted octanol–water partition coefficient (Wildman–Crippen LogP) is 5.28. The van der Waals surface area contributed by atoms with Crippen LogP contribution in [0, 0.1) is 12.8 Å². The molecule has 2 fully saturated rings. The molecule has 1 amide bonds. The van der Waals surface area contributed by atoms with E-state index in [4.69, 9.17) is 9.15 Å². The summed E-state index contributed by atoms with van der Waals surface area (Å²) in [5, 5.41) is 0. The third kappa shape index (κ3) is 5.49. The van der Waals surface area contributed by atoms with Gasteiger partial charge in [0.1, 0.15) is 0 Å². The van der Waals surface area contributed by atoms with Crippen molar-refractivity contribution >= 4 is 5.91 Å². The smallest absolute Gasteiger partial charge is 0.254 e. The Bertz CT molecular complexity index is 1140. The molecule has 0 bridgehead atoms. The zero-order valence-electron chi connectivity index (χ0n) is 20.9. The Morgan fingerprint density at radius 3 is 2.40 bits per heavy atom. The molecule has 0 N–H and O–H groups in total. The molecule has 0 saturated carbocycles. The van der Waals surface area contributed by atoms with Crippen molar-refractivity contribution in [2.24, 2.45) is 5.92 Å². The van der Waals surface area contributed by atoms with Gasteiger partial charge in [-0.05, 0) is 51.7 Å². The summed E-state index contributed by atoms with van der Waals surface area (Å²) >= 11 is 0. The number of likely N-dealkylation sites (tertiary alicyclic amines) is 1. The fraction of sp³-hybridized carbons (Fsp3) is 0.448. The Labute approximate surface area is 207 Å².